The van der Waals surface area contributed by atoms with Gasteiger partial charge in [-0.25, -0.2) is 13.2 Å². The number of nitrogens with one attached hydrogen (secondary N) is 1. The molecule has 3 N–H and O–H groups in total. The number of hydrogen-bond acceptors (Lipinski definition) is 5. The molecule has 0 aliphatic heterocycles. The molecule has 0 aliphatic rings. The van der Waals surface area contributed by atoms with Crippen molar-refractivity contribution in [3.8, 4) is 0 Å². The lowest BCUT2D eigenvalue weighted by molar-refractivity contribution is 0.0473. The largest absolute Gasteiger partial charge is 0.457 e. The van der Waals surface area contributed by atoms with Crippen molar-refractivity contribution in [3.05, 3.63) is 65.2 Å². The molecule has 0 bridgehead atoms. The van der Waals surface area contributed by atoms with E-state index in [0.29, 0.717) is 11.1 Å². The van der Waals surface area contributed by atoms with E-state index in [-0.39, 0.29) is 17.9 Å². The number of carbonyl (C=O) groups excluding carboxylic acids is 2. The number of rotatable bonds is 6. The number of primary amides is 1. The van der Waals surface area contributed by atoms with Gasteiger partial charge >= 0.3 is 5.97 Å². The quantitative estimate of drug-likeness (QED) is 0.768. The predicted molar refractivity (Wildman–Crippen MR) is 89.0 cm³/mol. The first-order valence-corrected chi connectivity index (χ1v) is 8.78. The molecule has 0 aromatic heterocycles. The van der Waals surface area contributed by atoms with E-state index in [1.54, 1.807) is 24.3 Å². The average Bonchev–Trinajstić information content (AvgIpc) is 2.52. The Kier molecular flexibility index (Phi) is 5.20. The van der Waals surface area contributed by atoms with Crippen molar-refractivity contribution in [2.75, 3.05) is 11.0 Å². The summed E-state index contributed by atoms with van der Waals surface area (Å²) in [5.41, 5.74) is 6.43. The molecule has 0 heterocycles. The number of ether oxygens (including phenoxy) is 1. The van der Waals surface area contributed by atoms with E-state index in [1.165, 1.54) is 24.3 Å². The smallest absolute Gasteiger partial charge is 0.340 e. The van der Waals surface area contributed by atoms with Gasteiger partial charge in [0.25, 0.3) is 0 Å². The van der Waals surface area contributed by atoms with Gasteiger partial charge in [0, 0.05) is 5.56 Å². The Labute approximate surface area is 139 Å². The van der Waals surface area contributed by atoms with Gasteiger partial charge in [-0.05, 0) is 29.8 Å². The summed E-state index contributed by atoms with van der Waals surface area (Å²) in [6.07, 6.45) is 0.995. The predicted octanol–water partition coefficient (Wildman–Crippen LogP) is 1.51. The standard InChI is InChI=1S/C16H16N2O5S/c1-24(21,22)18-14-5-3-2-4-13(14)16(20)23-10-11-6-8-12(9-7-11)15(17)19/h2-9,18H,10H2,1H3,(H2,17,19). The summed E-state index contributed by atoms with van der Waals surface area (Å²) in [4.78, 5) is 23.2. The highest BCUT2D eigenvalue weighted by atomic mass is 32.2. The third-order valence-corrected chi connectivity index (χ3v) is 3.64. The number of sulfonamides is 1. The zero-order chi connectivity index (χ0) is 17.7. The van der Waals surface area contributed by atoms with E-state index < -0.39 is 21.9 Å². The van der Waals surface area contributed by atoms with Crippen LogP contribution in [0.2, 0.25) is 0 Å². The van der Waals surface area contributed by atoms with Crippen molar-refractivity contribution in [3.63, 3.8) is 0 Å². The normalized spacial score (nSPS) is 10.9. The summed E-state index contributed by atoms with van der Waals surface area (Å²) in [5.74, 6) is -1.21. The molecule has 7 nitrogen and oxygen atoms in total. The molecule has 0 unspecified atom stereocenters. The maximum Gasteiger partial charge on any atom is 0.340 e. The molecule has 2 rings (SSSR count). The summed E-state index contributed by atoms with van der Waals surface area (Å²) in [5, 5.41) is 0. The molecule has 126 valence electrons. The van der Waals surface area contributed by atoms with Crippen LogP contribution in [-0.2, 0) is 21.4 Å². The van der Waals surface area contributed by atoms with Gasteiger partial charge in [0.05, 0.1) is 17.5 Å². The van der Waals surface area contributed by atoms with Gasteiger partial charge in [-0.3, -0.25) is 9.52 Å². The fourth-order valence-corrected chi connectivity index (χ4v) is 2.52. The van der Waals surface area contributed by atoms with Crippen LogP contribution >= 0.6 is 0 Å². The Morgan fingerprint density at radius 1 is 1.08 bits per heavy atom. The Hall–Kier alpha value is -2.87. The van der Waals surface area contributed by atoms with E-state index in [2.05, 4.69) is 4.72 Å². The molecule has 1 amide bonds. The second-order valence-corrected chi connectivity index (χ2v) is 6.81. The lowest BCUT2D eigenvalue weighted by Crippen LogP contribution is -2.14. The van der Waals surface area contributed by atoms with E-state index in [9.17, 15) is 18.0 Å². The fraction of sp³-hybridized carbons (Fsp3) is 0.125. The van der Waals surface area contributed by atoms with Crippen LogP contribution in [0.4, 0.5) is 5.69 Å². The van der Waals surface area contributed by atoms with Crippen LogP contribution in [0, 0.1) is 0 Å². The molecule has 24 heavy (non-hydrogen) atoms. The van der Waals surface area contributed by atoms with Gasteiger partial charge in [0.15, 0.2) is 0 Å². The van der Waals surface area contributed by atoms with Crippen LogP contribution in [0.15, 0.2) is 48.5 Å². The van der Waals surface area contributed by atoms with Crippen molar-refractivity contribution >= 4 is 27.6 Å². The second-order valence-electron chi connectivity index (χ2n) is 5.06. The van der Waals surface area contributed by atoms with Crippen LogP contribution < -0.4 is 10.5 Å². The van der Waals surface area contributed by atoms with Crippen molar-refractivity contribution < 1.29 is 22.7 Å². The summed E-state index contributed by atoms with van der Waals surface area (Å²) in [7, 11) is -3.51. The summed E-state index contributed by atoms with van der Waals surface area (Å²) in [6, 6.07) is 12.4. The molecular weight excluding hydrogens is 332 g/mol. The maximum absolute atomic E-state index is 12.2. The molecule has 8 heteroatoms. The summed E-state index contributed by atoms with van der Waals surface area (Å²) < 4.78 is 30.1. The molecule has 2 aromatic carbocycles. The minimum atomic E-state index is -3.51. The number of nitrogens with two attached hydrogens (primary N) is 1. The number of hydrogen-bond donors (Lipinski definition) is 2. The van der Waals surface area contributed by atoms with Crippen molar-refractivity contribution in [2.24, 2.45) is 5.73 Å². The topological polar surface area (TPSA) is 116 Å². The van der Waals surface area contributed by atoms with Crippen molar-refractivity contribution in [1.82, 2.24) is 0 Å². The first-order valence-electron chi connectivity index (χ1n) is 6.89. The maximum atomic E-state index is 12.2. The number of amides is 1. The molecule has 0 saturated heterocycles. The van der Waals surface area contributed by atoms with Gasteiger partial charge < -0.3 is 10.5 Å². The molecule has 0 fully saturated rings. The Balaban J connectivity index is 2.09. The Morgan fingerprint density at radius 2 is 1.71 bits per heavy atom. The summed E-state index contributed by atoms with van der Waals surface area (Å²) >= 11 is 0. The van der Waals surface area contributed by atoms with E-state index >= 15 is 0 Å². The Bertz CT molecular complexity index is 860. The van der Waals surface area contributed by atoms with Crippen molar-refractivity contribution in [1.29, 1.82) is 0 Å². The van der Waals surface area contributed by atoms with E-state index in [1.807, 2.05) is 0 Å². The summed E-state index contributed by atoms with van der Waals surface area (Å²) in [6.45, 7) is -0.0227. The van der Waals surface area contributed by atoms with Gasteiger partial charge in [0.2, 0.25) is 15.9 Å². The molecule has 2 aromatic rings. The second kappa shape index (κ2) is 7.14. The molecule has 0 saturated carbocycles. The van der Waals surface area contributed by atoms with Crippen molar-refractivity contribution in [2.45, 2.75) is 6.61 Å². The third kappa shape index (κ3) is 4.82. The third-order valence-electron chi connectivity index (χ3n) is 3.05. The van der Waals surface area contributed by atoms with Crippen LogP contribution in [0.3, 0.4) is 0 Å². The highest BCUT2D eigenvalue weighted by molar-refractivity contribution is 7.92. The van der Waals surface area contributed by atoms with E-state index in [4.69, 9.17) is 10.5 Å². The zero-order valence-electron chi connectivity index (χ0n) is 12.9. The first-order chi connectivity index (χ1) is 11.3. The number of esters is 1. The minimum absolute atomic E-state index is 0.0227. The number of anilines is 1. The molecule has 0 radical (unpaired) electrons. The number of benzene rings is 2. The SMILES string of the molecule is CS(=O)(=O)Nc1ccccc1C(=O)OCc1ccc(C(N)=O)cc1. The molecular formula is C16H16N2O5S. The van der Waals surface area contributed by atoms with Crippen LogP contribution in [0.5, 0.6) is 0 Å². The van der Waals surface area contributed by atoms with Gasteiger partial charge in [0.1, 0.15) is 6.61 Å². The fourth-order valence-electron chi connectivity index (χ4n) is 1.94. The van der Waals surface area contributed by atoms with Gasteiger partial charge in [-0.2, -0.15) is 0 Å². The van der Waals surface area contributed by atoms with Crippen LogP contribution in [0.1, 0.15) is 26.3 Å². The minimum Gasteiger partial charge on any atom is -0.457 e. The van der Waals surface area contributed by atoms with Gasteiger partial charge in [-0.1, -0.05) is 24.3 Å². The molecule has 0 spiro atoms. The highest BCUT2D eigenvalue weighted by Gasteiger charge is 2.15. The Morgan fingerprint density at radius 3 is 2.29 bits per heavy atom. The average molecular weight is 348 g/mol. The lowest BCUT2D eigenvalue weighted by atomic mass is 10.1. The number of para-hydroxylation sites is 1. The zero-order valence-corrected chi connectivity index (χ0v) is 13.7. The molecule has 0 aliphatic carbocycles. The lowest BCUT2D eigenvalue weighted by Gasteiger charge is -2.10. The first kappa shape index (κ1) is 17.5. The highest BCUT2D eigenvalue weighted by Crippen LogP contribution is 2.18. The number of carbonyl (C=O) groups is 2. The van der Waals surface area contributed by atoms with Gasteiger partial charge in [-0.15, -0.1) is 0 Å². The van der Waals surface area contributed by atoms with Crippen LogP contribution in [-0.4, -0.2) is 26.6 Å². The molecule has 0 atom stereocenters. The van der Waals surface area contributed by atoms with Crippen LogP contribution in [0.25, 0.3) is 0 Å². The van der Waals surface area contributed by atoms with E-state index in [0.717, 1.165) is 6.26 Å². The monoisotopic (exact) mass is 348 g/mol.